The van der Waals surface area contributed by atoms with Crippen molar-refractivity contribution >= 4 is 52.5 Å². The van der Waals surface area contributed by atoms with Crippen molar-refractivity contribution in [1.82, 2.24) is 35.9 Å². The van der Waals surface area contributed by atoms with Crippen molar-refractivity contribution in [1.29, 1.82) is 0 Å². The first-order chi connectivity index (χ1) is 26.3. The molecule has 55 heavy (non-hydrogen) atoms. The third-order valence-corrected chi connectivity index (χ3v) is 8.22. The summed E-state index contributed by atoms with van der Waals surface area (Å²) < 4.78 is 20.6. The fourth-order valence-corrected chi connectivity index (χ4v) is 5.29. The molecule has 1 aliphatic rings. The number of aromatic hydroxyl groups is 1. The molecular weight excluding hydrogens is 730 g/mol. The van der Waals surface area contributed by atoms with E-state index in [2.05, 4.69) is 41.2 Å². The minimum absolute atomic E-state index is 0.0169. The molecule has 3 unspecified atom stereocenters. The number of aliphatic hydroxyl groups excluding tert-OH is 2. The van der Waals surface area contributed by atoms with Crippen LogP contribution in [0.1, 0.15) is 41.7 Å². The van der Waals surface area contributed by atoms with E-state index >= 15 is 0 Å². The molecule has 1 aliphatic heterocycles. The number of fused-ring (bicyclic) bond motifs is 1. The van der Waals surface area contributed by atoms with Crippen LogP contribution in [0.5, 0.6) is 5.88 Å². The number of nitrogens with two attached hydrogens (primary N) is 1. The molecule has 1 aromatic carbocycles. The maximum atomic E-state index is 12.8. The topological polar surface area (TPSA) is 329 Å². The number of nitrogens with zero attached hydrogens (tertiary/aromatic N) is 4. The number of carbonyl (C=O) groups is 5. The van der Waals surface area contributed by atoms with Gasteiger partial charge in [-0.1, -0.05) is 0 Å². The Kier molecular flexibility index (Phi) is 15.3. The fraction of sp³-hybridized carbons (Fsp3) is 0.485. The Balaban J connectivity index is 1.10. The average Bonchev–Trinajstić information content (AvgIpc) is 3.16. The predicted molar refractivity (Wildman–Crippen MR) is 188 cm³/mol. The number of nitrogens with one attached hydrogen (secondary N) is 4. The normalized spacial score (nSPS) is 19.9. The van der Waals surface area contributed by atoms with Crippen LogP contribution in [0.4, 0.5) is 11.6 Å². The summed E-state index contributed by atoms with van der Waals surface area (Å²) in [4.78, 5) is 77.1. The number of aliphatic hydroxyl groups is 2. The van der Waals surface area contributed by atoms with E-state index in [0.717, 1.165) is 0 Å². The van der Waals surface area contributed by atoms with Crippen LogP contribution in [0.15, 0.2) is 30.5 Å². The van der Waals surface area contributed by atoms with Crippen LogP contribution in [0, 0.1) is 0 Å². The highest BCUT2D eigenvalue weighted by atomic mass is 16.7. The van der Waals surface area contributed by atoms with E-state index in [9.17, 15) is 44.4 Å². The van der Waals surface area contributed by atoms with Crippen molar-refractivity contribution in [2.75, 3.05) is 45.0 Å². The Hall–Kier alpha value is -5.81. The molecule has 6 atom stereocenters. The number of amides is 3. The lowest BCUT2D eigenvalue weighted by atomic mass is 9.99. The minimum Gasteiger partial charge on any atom is -0.492 e. The highest BCUT2D eigenvalue weighted by molar-refractivity contribution is 5.97. The lowest BCUT2D eigenvalue weighted by molar-refractivity contribution is -0.298. The number of methoxy groups -OCH3 is 2. The Morgan fingerprint density at radius 3 is 2.27 bits per heavy atom. The summed E-state index contributed by atoms with van der Waals surface area (Å²) in [6.45, 7) is -0.127. The quantitative estimate of drug-likeness (QED) is 0.0467. The van der Waals surface area contributed by atoms with Gasteiger partial charge in [0.1, 0.15) is 37.1 Å². The second-order valence-electron chi connectivity index (χ2n) is 12.1. The Labute approximate surface area is 313 Å². The van der Waals surface area contributed by atoms with E-state index in [-0.39, 0.29) is 74.6 Å². The number of anilines is 2. The molecule has 22 nitrogen and oxygen atoms in total. The molecule has 22 heteroatoms. The molecule has 3 aromatic rings. The standard InChI is InChI=1S/C33H43N9O13/c1-52-27-25(46)20(55-32(53-2)26(27)47)15-54-23(45)10-9-22(44)36-12-11-35-21(43)8-7-19(31(50)51)40-29(48)16-3-5-17(6-4-16)37-13-18-14-38-28-24(39-18)30(49)42-33(34)41-28/h3-6,14,19-20,25-27,32,37,46-47H,7-13,15H2,1-2H3,(H,35,43)(H,36,44)(H,40,48)(H,50,51)(H3,34,38,41,42,49)/t19?,20?,25-,26?,27+,32+/m1/s1. The van der Waals surface area contributed by atoms with Gasteiger partial charge in [0.25, 0.3) is 5.91 Å². The number of hydrogen-bond donors (Lipinski definition) is 9. The smallest absolute Gasteiger partial charge is 0.326 e. The van der Waals surface area contributed by atoms with E-state index in [4.69, 9.17) is 24.7 Å². The van der Waals surface area contributed by atoms with Gasteiger partial charge in [0, 0.05) is 51.4 Å². The van der Waals surface area contributed by atoms with Gasteiger partial charge in [-0.15, -0.1) is 0 Å². The Morgan fingerprint density at radius 1 is 0.927 bits per heavy atom. The van der Waals surface area contributed by atoms with E-state index in [1.54, 1.807) is 12.1 Å². The molecule has 1 saturated heterocycles. The van der Waals surface area contributed by atoms with Crippen LogP contribution in [-0.2, 0) is 44.7 Å². The third-order valence-electron chi connectivity index (χ3n) is 8.22. The number of aromatic nitrogens is 4. The molecule has 10 N–H and O–H groups in total. The number of esters is 1. The maximum Gasteiger partial charge on any atom is 0.326 e. The third kappa shape index (κ3) is 12.1. The Morgan fingerprint density at radius 2 is 1.62 bits per heavy atom. The van der Waals surface area contributed by atoms with E-state index in [1.807, 2.05) is 0 Å². The second-order valence-corrected chi connectivity index (χ2v) is 12.1. The summed E-state index contributed by atoms with van der Waals surface area (Å²) in [7, 11) is 2.58. The van der Waals surface area contributed by atoms with Gasteiger partial charge in [-0.25, -0.2) is 14.8 Å². The second kappa shape index (κ2) is 20.0. The number of carboxylic acid groups (broad SMARTS) is 1. The number of carbonyl (C=O) groups excluding carboxylic acids is 4. The van der Waals surface area contributed by atoms with Gasteiger partial charge in [0.15, 0.2) is 17.5 Å². The predicted octanol–water partition coefficient (Wildman–Crippen LogP) is -2.05. The summed E-state index contributed by atoms with van der Waals surface area (Å²) in [5.74, 6) is -4.28. The molecule has 298 valence electrons. The zero-order valence-corrected chi connectivity index (χ0v) is 29.8. The van der Waals surface area contributed by atoms with Crippen molar-refractivity contribution in [3.63, 3.8) is 0 Å². The number of carboxylic acids is 1. The number of aliphatic carboxylic acids is 1. The van der Waals surface area contributed by atoms with Crippen LogP contribution < -0.4 is 27.0 Å². The summed E-state index contributed by atoms with van der Waals surface area (Å²) in [6.07, 6.45) is -5.23. The zero-order chi connectivity index (χ0) is 40.1. The molecule has 0 radical (unpaired) electrons. The fourth-order valence-electron chi connectivity index (χ4n) is 5.29. The highest BCUT2D eigenvalue weighted by Gasteiger charge is 2.45. The van der Waals surface area contributed by atoms with Gasteiger partial charge < -0.3 is 66.4 Å². The lowest BCUT2D eigenvalue weighted by Gasteiger charge is -2.40. The van der Waals surface area contributed by atoms with Gasteiger partial charge in [-0.3, -0.25) is 19.2 Å². The van der Waals surface area contributed by atoms with Crippen LogP contribution in [-0.4, -0.2) is 141 Å². The van der Waals surface area contributed by atoms with E-state index in [1.165, 1.54) is 32.5 Å². The van der Waals surface area contributed by atoms with Gasteiger partial charge in [0.05, 0.1) is 24.9 Å². The number of benzene rings is 1. The largest absolute Gasteiger partial charge is 0.492 e. The molecule has 4 rings (SSSR count). The van der Waals surface area contributed by atoms with Gasteiger partial charge >= 0.3 is 11.9 Å². The molecule has 3 amide bonds. The first-order valence-corrected chi connectivity index (χ1v) is 16.9. The van der Waals surface area contributed by atoms with Crippen molar-refractivity contribution in [3.8, 4) is 5.88 Å². The molecule has 3 heterocycles. The molecule has 0 bridgehead atoms. The average molecular weight is 774 g/mol. The summed E-state index contributed by atoms with van der Waals surface area (Å²) in [6, 6.07) is 4.79. The SMILES string of the molecule is CO[C@H]1OC(COC(=O)CCC(=O)NCCNC(=O)CCC(NC(=O)c2ccc(NCc3cnc4nc(N)nc(O)c4n3)cc2)C(=O)O)[C@@H](O)[C@H](OC)C1O. The molecule has 0 saturated carbocycles. The molecule has 1 fully saturated rings. The number of ether oxygens (including phenoxy) is 4. The lowest BCUT2D eigenvalue weighted by Crippen LogP contribution is -2.59. The van der Waals surface area contributed by atoms with Crippen molar-refractivity contribution in [2.24, 2.45) is 0 Å². The summed E-state index contributed by atoms with van der Waals surface area (Å²) in [5, 5.41) is 50.6. The van der Waals surface area contributed by atoms with Gasteiger partial charge in [-0.2, -0.15) is 9.97 Å². The van der Waals surface area contributed by atoms with E-state index in [0.29, 0.717) is 11.4 Å². The zero-order valence-electron chi connectivity index (χ0n) is 29.8. The number of rotatable bonds is 19. The van der Waals surface area contributed by atoms with E-state index < -0.39 is 72.3 Å². The summed E-state index contributed by atoms with van der Waals surface area (Å²) >= 11 is 0. The van der Waals surface area contributed by atoms with Crippen LogP contribution >= 0.6 is 0 Å². The summed E-state index contributed by atoms with van der Waals surface area (Å²) in [5.41, 5.74) is 6.97. The number of hydrogen-bond acceptors (Lipinski definition) is 18. The first-order valence-electron chi connectivity index (χ1n) is 16.9. The maximum absolute atomic E-state index is 12.8. The van der Waals surface area contributed by atoms with Crippen molar-refractivity contribution in [3.05, 3.63) is 41.7 Å². The van der Waals surface area contributed by atoms with Crippen LogP contribution in [0.3, 0.4) is 0 Å². The monoisotopic (exact) mass is 773 g/mol. The molecule has 2 aromatic heterocycles. The Bertz CT molecular complexity index is 1820. The van der Waals surface area contributed by atoms with Crippen LogP contribution in [0.25, 0.3) is 11.2 Å². The molecule has 0 spiro atoms. The minimum atomic E-state index is -1.36. The highest BCUT2D eigenvalue weighted by Crippen LogP contribution is 2.24. The number of nitrogen functional groups attached to an aromatic ring is 1. The van der Waals surface area contributed by atoms with Gasteiger partial charge in [0.2, 0.25) is 23.6 Å². The molecule has 0 aliphatic carbocycles. The van der Waals surface area contributed by atoms with Crippen molar-refractivity contribution < 1.29 is 63.3 Å². The van der Waals surface area contributed by atoms with Crippen LogP contribution in [0.2, 0.25) is 0 Å². The van der Waals surface area contributed by atoms with Crippen molar-refractivity contribution in [2.45, 2.75) is 69.0 Å². The van der Waals surface area contributed by atoms with Gasteiger partial charge in [-0.05, 0) is 30.7 Å². The molecular formula is C33H43N9O13. The first kappa shape index (κ1) is 41.9.